The summed E-state index contributed by atoms with van der Waals surface area (Å²) in [4.78, 5) is 38.5. The number of hydrogen-bond donors (Lipinski definition) is 2. The van der Waals surface area contributed by atoms with Crippen molar-refractivity contribution < 1.29 is 23.9 Å². The molecule has 1 aromatic carbocycles. The molecule has 0 saturated carbocycles. The summed E-state index contributed by atoms with van der Waals surface area (Å²) in [7, 11) is 1.24. The van der Waals surface area contributed by atoms with Gasteiger partial charge in [-0.25, -0.2) is 4.79 Å². The number of rotatable bonds is 11. The molecule has 2 N–H and O–H groups in total. The van der Waals surface area contributed by atoms with E-state index in [4.69, 9.17) is 9.47 Å². The van der Waals surface area contributed by atoms with E-state index in [1.54, 1.807) is 13.0 Å². The predicted octanol–water partition coefficient (Wildman–Crippen LogP) is 3.17. The van der Waals surface area contributed by atoms with E-state index >= 15 is 0 Å². The summed E-state index contributed by atoms with van der Waals surface area (Å²) in [6.45, 7) is 13.1. The Balaban J connectivity index is 3.07. The first-order valence-corrected chi connectivity index (χ1v) is 10.5. The molecule has 0 aliphatic carbocycles. The van der Waals surface area contributed by atoms with Crippen LogP contribution in [0.15, 0.2) is 43.0 Å². The van der Waals surface area contributed by atoms with Gasteiger partial charge in [0.2, 0.25) is 11.8 Å². The van der Waals surface area contributed by atoms with Gasteiger partial charge in [-0.15, -0.1) is 6.58 Å². The molecule has 0 unspecified atom stereocenters. The van der Waals surface area contributed by atoms with E-state index in [-0.39, 0.29) is 25.0 Å². The SMILES string of the molecule is C=CC[C@@H](C(=O)N[C@H](C(=O)N[C@H](C)c1ccccc1)C(C)(C)C)[C@H](OCC)C(=O)OC. The van der Waals surface area contributed by atoms with Gasteiger partial charge in [0.1, 0.15) is 6.04 Å². The average Bonchev–Trinajstić information content (AvgIpc) is 2.73. The van der Waals surface area contributed by atoms with Crippen molar-refractivity contribution in [3.63, 3.8) is 0 Å². The van der Waals surface area contributed by atoms with Gasteiger partial charge in [0.25, 0.3) is 0 Å². The first-order chi connectivity index (χ1) is 14.6. The smallest absolute Gasteiger partial charge is 0.335 e. The molecule has 1 rings (SSSR count). The number of carbonyl (C=O) groups is 3. The van der Waals surface area contributed by atoms with Crippen LogP contribution in [-0.2, 0) is 23.9 Å². The van der Waals surface area contributed by atoms with Crippen LogP contribution in [0.3, 0.4) is 0 Å². The number of hydrogen-bond acceptors (Lipinski definition) is 5. The lowest BCUT2D eigenvalue weighted by Gasteiger charge is -2.33. The molecule has 0 aliphatic heterocycles. The molecule has 1 aromatic rings. The van der Waals surface area contributed by atoms with Gasteiger partial charge < -0.3 is 20.1 Å². The zero-order chi connectivity index (χ0) is 23.6. The number of ether oxygens (including phenoxy) is 2. The number of nitrogens with one attached hydrogen (secondary N) is 2. The van der Waals surface area contributed by atoms with Gasteiger partial charge in [0.05, 0.1) is 19.1 Å². The average molecular weight is 433 g/mol. The summed E-state index contributed by atoms with van der Waals surface area (Å²) < 4.78 is 10.3. The normalized spacial score (nSPS) is 15.2. The standard InChI is InChI=1S/C24H36N2O5/c1-8-13-18(19(31-9-2)23(29)30-7)21(27)26-20(24(4,5)6)22(28)25-16(3)17-14-11-10-12-15-17/h8,10-12,14-16,18-20H,1,9,13H2,2-7H3,(H,25,28)(H,26,27)/t16-,18-,19+,20-/m1/s1. The highest BCUT2D eigenvalue weighted by Gasteiger charge is 2.39. The molecule has 4 atom stereocenters. The monoisotopic (exact) mass is 432 g/mol. The van der Waals surface area contributed by atoms with Crippen molar-refractivity contribution in [1.29, 1.82) is 0 Å². The summed E-state index contributed by atoms with van der Waals surface area (Å²) in [6, 6.07) is 8.52. The molecule has 31 heavy (non-hydrogen) atoms. The summed E-state index contributed by atoms with van der Waals surface area (Å²) in [5.41, 5.74) is 0.391. The zero-order valence-corrected chi connectivity index (χ0v) is 19.4. The fourth-order valence-electron chi connectivity index (χ4n) is 3.24. The molecule has 7 nitrogen and oxygen atoms in total. The minimum Gasteiger partial charge on any atom is -0.467 e. The number of allylic oxidation sites excluding steroid dienone is 1. The van der Waals surface area contributed by atoms with E-state index in [2.05, 4.69) is 17.2 Å². The maximum Gasteiger partial charge on any atom is 0.335 e. The van der Waals surface area contributed by atoms with Gasteiger partial charge in [0.15, 0.2) is 6.10 Å². The molecule has 7 heteroatoms. The minimum absolute atomic E-state index is 0.199. The highest BCUT2D eigenvalue weighted by Crippen LogP contribution is 2.23. The number of esters is 1. The minimum atomic E-state index is -1.08. The van der Waals surface area contributed by atoms with Crippen molar-refractivity contribution in [2.45, 2.75) is 59.2 Å². The highest BCUT2D eigenvalue weighted by atomic mass is 16.6. The summed E-state index contributed by atoms with van der Waals surface area (Å²) in [6.07, 6.45) is 0.660. The predicted molar refractivity (Wildman–Crippen MR) is 120 cm³/mol. The Bertz CT molecular complexity index is 742. The Hall–Kier alpha value is -2.67. The second-order valence-electron chi connectivity index (χ2n) is 8.48. The number of benzene rings is 1. The topological polar surface area (TPSA) is 93.7 Å². The van der Waals surface area contributed by atoms with Crippen LogP contribution in [0, 0.1) is 11.3 Å². The van der Waals surface area contributed by atoms with E-state index < -0.39 is 35.4 Å². The van der Waals surface area contributed by atoms with Crippen LogP contribution in [0.1, 0.15) is 52.6 Å². The van der Waals surface area contributed by atoms with Gasteiger partial charge in [0, 0.05) is 6.61 Å². The maximum absolute atomic E-state index is 13.2. The van der Waals surface area contributed by atoms with Crippen LogP contribution in [0.5, 0.6) is 0 Å². The number of carbonyl (C=O) groups excluding carboxylic acids is 3. The van der Waals surface area contributed by atoms with Crippen LogP contribution in [0.2, 0.25) is 0 Å². The Morgan fingerprint density at radius 3 is 2.19 bits per heavy atom. The lowest BCUT2D eigenvalue weighted by molar-refractivity contribution is -0.161. The van der Waals surface area contributed by atoms with Gasteiger partial charge in [-0.2, -0.15) is 0 Å². The molecular formula is C24H36N2O5. The van der Waals surface area contributed by atoms with Crippen molar-refractivity contribution in [1.82, 2.24) is 10.6 Å². The lowest BCUT2D eigenvalue weighted by Crippen LogP contribution is -2.56. The van der Waals surface area contributed by atoms with Gasteiger partial charge in [-0.1, -0.05) is 57.2 Å². The quantitative estimate of drug-likeness (QED) is 0.414. The lowest BCUT2D eigenvalue weighted by atomic mass is 9.85. The van der Waals surface area contributed by atoms with Crippen molar-refractivity contribution in [3.8, 4) is 0 Å². The third-order valence-electron chi connectivity index (χ3n) is 4.98. The largest absolute Gasteiger partial charge is 0.467 e. The van der Waals surface area contributed by atoms with Crippen molar-refractivity contribution >= 4 is 17.8 Å². The fraction of sp³-hybridized carbons (Fsp3) is 0.542. The molecule has 0 aliphatic rings. The molecule has 0 heterocycles. The molecule has 0 saturated heterocycles. The first-order valence-electron chi connectivity index (χ1n) is 10.5. The van der Waals surface area contributed by atoms with Crippen LogP contribution in [-0.4, -0.2) is 43.6 Å². The van der Waals surface area contributed by atoms with Crippen LogP contribution >= 0.6 is 0 Å². The van der Waals surface area contributed by atoms with E-state index in [0.717, 1.165) is 5.56 Å². The van der Waals surface area contributed by atoms with Gasteiger partial charge in [-0.3, -0.25) is 9.59 Å². The van der Waals surface area contributed by atoms with Crippen molar-refractivity contribution in [2.75, 3.05) is 13.7 Å². The zero-order valence-electron chi connectivity index (χ0n) is 19.4. The summed E-state index contributed by atoms with van der Waals surface area (Å²) in [5.74, 6) is -2.28. The van der Waals surface area contributed by atoms with Gasteiger partial charge >= 0.3 is 5.97 Å². The van der Waals surface area contributed by atoms with Crippen LogP contribution < -0.4 is 10.6 Å². The molecule has 0 fully saturated rings. The maximum atomic E-state index is 13.2. The summed E-state index contributed by atoms with van der Waals surface area (Å²) in [5, 5.41) is 5.80. The Morgan fingerprint density at radius 2 is 1.71 bits per heavy atom. The Morgan fingerprint density at radius 1 is 1.10 bits per heavy atom. The second-order valence-corrected chi connectivity index (χ2v) is 8.48. The Labute approximate surface area is 185 Å². The van der Waals surface area contributed by atoms with Crippen LogP contribution in [0.25, 0.3) is 0 Å². The van der Waals surface area contributed by atoms with E-state index in [1.807, 2.05) is 58.0 Å². The van der Waals surface area contributed by atoms with E-state index in [0.29, 0.717) is 0 Å². The third kappa shape index (κ3) is 7.83. The second kappa shape index (κ2) is 12.2. The molecule has 0 bridgehead atoms. The molecular weight excluding hydrogens is 396 g/mol. The molecule has 0 radical (unpaired) electrons. The van der Waals surface area contributed by atoms with Gasteiger partial charge in [-0.05, 0) is 31.2 Å². The first kappa shape index (κ1) is 26.4. The third-order valence-corrected chi connectivity index (χ3v) is 4.98. The Kier molecular flexibility index (Phi) is 10.4. The molecule has 2 amide bonds. The summed E-state index contributed by atoms with van der Waals surface area (Å²) >= 11 is 0. The van der Waals surface area contributed by atoms with E-state index in [1.165, 1.54) is 7.11 Å². The number of methoxy groups -OCH3 is 1. The molecule has 0 spiro atoms. The molecule has 0 aromatic heterocycles. The highest BCUT2D eigenvalue weighted by molar-refractivity contribution is 5.92. The van der Waals surface area contributed by atoms with E-state index in [9.17, 15) is 14.4 Å². The molecule has 172 valence electrons. The van der Waals surface area contributed by atoms with Crippen molar-refractivity contribution in [3.05, 3.63) is 48.6 Å². The number of amides is 2. The van der Waals surface area contributed by atoms with Crippen LogP contribution in [0.4, 0.5) is 0 Å². The van der Waals surface area contributed by atoms with Crippen molar-refractivity contribution in [2.24, 2.45) is 11.3 Å². The fourth-order valence-corrected chi connectivity index (χ4v) is 3.24.